The predicted octanol–water partition coefficient (Wildman–Crippen LogP) is 3.44. The fraction of sp³-hybridized carbons (Fsp3) is 0.250. The minimum atomic E-state index is -0.235. The SMILES string of the molecule is O=C(Nc1cccc2cccnc12)c1ccc(OC[C@H]2CCCO2)nc1. The van der Waals surface area contributed by atoms with Crippen molar-refractivity contribution in [3.8, 4) is 5.88 Å². The zero-order chi connectivity index (χ0) is 17.8. The van der Waals surface area contributed by atoms with Crippen LogP contribution in [0.2, 0.25) is 0 Å². The quantitative estimate of drug-likeness (QED) is 0.764. The molecule has 0 unspecified atom stereocenters. The molecule has 4 rings (SSSR count). The van der Waals surface area contributed by atoms with E-state index in [2.05, 4.69) is 15.3 Å². The van der Waals surface area contributed by atoms with Gasteiger partial charge in [0.15, 0.2) is 0 Å². The number of ether oxygens (including phenoxy) is 2. The molecule has 1 aliphatic rings. The van der Waals surface area contributed by atoms with E-state index in [9.17, 15) is 4.79 Å². The monoisotopic (exact) mass is 349 g/mol. The highest BCUT2D eigenvalue weighted by atomic mass is 16.5. The van der Waals surface area contributed by atoms with Gasteiger partial charge in [0.05, 0.1) is 22.9 Å². The first-order chi connectivity index (χ1) is 12.8. The van der Waals surface area contributed by atoms with Gasteiger partial charge < -0.3 is 14.8 Å². The van der Waals surface area contributed by atoms with Crippen LogP contribution >= 0.6 is 0 Å². The third-order valence-electron chi connectivity index (χ3n) is 4.32. The van der Waals surface area contributed by atoms with Crippen LogP contribution in [0, 0.1) is 0 Å². The van der Waals surface area contributed by atoms with Gasteiger partial charge in [0, 0.05) is 30.5 Å². The summed E-state index contributed by atoms with van der Waals surface area (Å²) >= 11 is 0. The Balaban J connectivity index is 1.42. The summed E-state index contributed by atoms with van der Waals surface area (Å²) in [6.07, 6.45) is 5.44. The van der Waals surface area contributed by atoms with Crippen molar-refractivity contribution >= 4 is 22.5 Å². The van der Waals surface area contributed by atoms with E-state index in [0.717, 1.165) is 30.4 Å². The Morgan fingerprint density at radius 3 is 2.92 bits per heavy atom. The predicted molar refractivity (Wildman–Crippen MR) is 98.4 cm³/mol. The number of amides is 1. The van der Waals surface area contributed by atoms with Crippen LogP contribution in [0.15, 0.2) is 54.9 Å². The molecule has 1 aromatic carbocycles. The topological polar surface area (TPSA) is 73.3 Å². The van der Waals surface area contributed by atoms with Crippen LogP contribution in [0.3, 0.4) is 0 Å². The van der Waals surface area contributed by atoms with Gasteiger partial charge in [-0.3, -0.25) is 9.78 Å². The standard InChI is InChI=1S/C20H19N3O3/c24-20(23-17-7-1-4-14-5-2-10-21-19(14)17)15-8-9-18(22-12-15)26-13-16-6-3-11-25-16/h1-2,4-5,7-10,12,16H,3,6,11,13H2,(H,23,24)/t16-/m1/s1. The molecule has 26 heavy (non-hydrogen) atoms. The van der Waals surface area contributed by atoms with Gasteiger partial charge in [0.25, 0.3) is 5.91 Å². The van der Waals surface area contributed by atoms with Crippen LogP contribution < -0.4 is 10.1 Å². The van der Waals surface area contributed by atoms with Gasteiger partial charge in [0.1, 0.15) is 6.61 Å². The van der Waals surface area contributed by atoms with Crippen molar-refractivity contribution in [1.29, 1.82) is 0 Å². The van der Waals surface area contributed by atoms with Crippen molar-refractivity contribution in [3.63, 3.8) is 0 Å². The lowest BCUT2D eigenvalue weighted by Gasteiger charge is -2.11. The van der Waals surface area contributed by atoms with E-state index in [1.165, 1.54) is 6.20 Å². The summed E-state index contributed by atoms with van der Waals surface area (Å²) in [4.78, 5) is 21.0. The number of carbonyl (C=O) groups is 1. The van der Waals surface area contributed by atoms with Crippen molar-refractivity contribution in [3.05, 3.63) is 60.4 Å². The number of nitrogens with one attached hydrogen (secondary N) is 1. The molecule has 1 fully saturated rings. The maximum Gasteiger partial charge on any atom is 0.257 e. The second-order valence-corrected chi connectivity index (χ2v) is 6.17. The molecule has 0 bridgehead atoms. The zero-order valence-electron chi connectivity index (χ0n) is 14.2. The fourth-order valence-corrected chi connectivity index (χ4v) is 2.95. The molecule has 2 aromatic heterocycles. The third kappa shape index (κ3) is 3.65. The molecule has 3 aromatic rings. The molecule has 1 aliphatic heterocycles. The maximum atomic E-state index is 12.5. The highest BCUT2D eigenvalue weighted by Gasteiger charge is 2.16. The van der Waals surface area contributed by atoms with Gasteiger partial charge in [-0.2, -0.15) is 0 Å². The maximum absolute atomic E-state index is 12.5. The van der Waals surface area contributed by atoms with Crippen molar-refractivity contribution in [2.24, 2.45) is 0 Å². The van der Waals surface area contributed by atoms with Crippen molar-refractivity contribution in [2.75, 3.05) is 18.5 Å². The number of carbonyl (C=O) groups excluding carboxylic acids is 1. The lowest BCUT2D eigenvalue weighted by atomic mass is 10.2. The number of hydrogen-bond acceptors (Lipinski definition) is 5. The second-order valence-electron chi connectivity index (χ2n) is 6.17. The molecule has 3 heterocycles. The van der Waals surface area contributed by atoms with E-state index >= 15 is 0 Å². The van der Waals surface area contributed by atoms with E-state index in [1.54, 1.807) is 18.3 Å². The number of fused-ring (bicyclic) bond motifs is 1. The molecule has 0 saturated carbocycles. The average Bonchev–Trinajstić information content (AvgIpc) is 3.21. The van der Waals surface area contributed by atoms with Gasteiger partial charge in [0.2, 0.25) is 5.88 Å². The van der Waals surface area contributed by atoms with Gasteiger partial charge in [-0.15, -0.1) is 0 Å². The highest BCUT2D eigenvalue weighted by molar-refractivity contribution is 6.08. The fourth-order valence-electron chi connectivity index (χ4n) is 2.95. The Kier molecular flexibility index (Phi) is 4.75. The molecule has 1 saturated heterocycles. The van der Waals surface area contributed by atoms with E-state index in [-0.39, 0.29) is 12.0 Å². The Labute approximate surface area is 151 Å². The highest BCUT2D eigenvalue weighted by Crippen LogP contribution is 2.21. The smallest absolute Gasteiger partial charge is 0.257 e. The zero-order valence-corrected chi connectivity index (χ0v) is 14.2. The van der Waals surface area contributed by atoms with Gasteiger partial charge >= 0.3 is 0 Å². The average molecular weight is 349 g/mol. The lowest BCUT2D eigenvalue weighted by molar-refractivity contribution is 0.0663. The van der Waals surface area contributed by atoms with Crippen LogP contribution in [-0.4, -0.2) is 35.2 Å². The number of aromatic nitrogens is 2. The third-order valence-corrected chi connectivity index (χ3v) is 4.32. The largest absolute Gasteiger partial charge is 0.475 e. The summed E-state index contributed by atoms with van der Waals surface area (Å²) in [5.41, 5.74) is 1.89. The number of benzene rings is 1. The number of rotatable bonds is 5. The van der Waals surface area contributed by atoms with Crippen LogP contribution in [0.5, 0.6) is 5.88 Å². The number of para-hydroxylation sites is 1. The molecular weight excluding hydrogens is 330 g/mol. The molecule has 6 nitrogen and oxygen atoms in total. The molecule has 0 spiro atoms. The molecule has 0 radical (unpaired) electrons. The van der Waals surface area contributed by atoms with Gasteiger partial charge in [-0.25, -0.2) is 4.98 Å². The minimum Gasteiger partial charge on any atom is -0.475 e. The van der Waals surface area contributed by atoms with E-state index in [0.29, 0.717) is 23.7 Å². The van der Waals surface area contributed by atoms with Crippen LogP contribution in [0.1, 0.15) is 23.2 Å². The number of nitrogens with zero attached hydrogens (tertiary/aromatic N) is 2. The molecule has 6 heteroatoms. The summed E-state index contributed by atoms with van der Waals surface area (Å²) < 4.78 is 11.1. The van der Waals surface area contributed by atoms with Crippen molar-refractivity contribution in [1.82, 2.24) is 9.97 Å². The second kappa shape index (κ2) is 7.49. The molecule has 1 atom stereocenters. The Bertz CT molecular complexity index is 900. The summed E-state index contributed by atoms with van der Waals surface area (Å²) in [5.74, 6) is 0.255. The van der Waals surface area contributed by atoms with E-state index < -0.39 is 0 Å². The van der Waals surface area contributed by atoms with Crippen molar-refractivity contribution in [2.45, 2.75) is 18.9 Å². The summed E-state index contributed by atoms with van der Waals surface area (Å²) in [7, 11) is 0. The number of anilines is 1. The van der Waals surface area contributed by atoms with Gasteiger partial charge in [-0.05, 0) is 31.0 Å². The van der Waals surface area contributed by atoms with Crippen LogP contribution in [0.4, 0.5) is 5.69 Å². The lowest BCUT2D eigenvalue weighted by Crippen LogP contribution is -2.17. The normalized spacial score (nSPS) is 16.5. The van der Waals surface area contributed by atoms with Crippen LogP contribution in [-0.2, 0) is 4.74 Å². The Morgan fingerprint density at radius 2 is 2.12 bits per heavy atom. The van der Waals surface area contributed by atoms with E-state index in [1.807, 2.05) is 30.3 Å². The molecule has 1 amide bonds. The molecule has 0 aliphatic carbocycles. The summed E-state index contributed by atoms with van der Waals surface area (Å²) in [5, 5.41) is 3.87. The Hall–Kier alpha value is -2.99. The van der Waals surface area contributed by atoms with Crippen LogP contribution in [0.25, 0.3) is 10.9 Å². The first kappa shape index (κ1) is 16.5. The first-order valence-electron chi connectivity index (χ1n) is 8.65. The van der Waals surface area contributed by atoms with Gasteiger partial charge in [-0.1, -0.05) is 18.2 Å². The van der Waals surface area contributed by atoms with E-state index in [4.69, 9.17) is 9.47 Å². The summed E-state index contributed by atoms with van der Waals surface area (Å²) in [6, 6.07) is 12.9. The minimum absolute atomic E-state index is 0.138. The molecular formula is C20H19N3O3. The molecule has 132 valence electrons. The summed E-state index contributed by atoms with van der Waals surface area (Å²) in [6.45, 7) is 1.28. The van der Waals surface area contributed by atoms with Crippen molar-refractivity contribution < 1.29 is 14.3 Å². The Morgan fingerprint density at radius 1 is 1.19 bits per heavy atom. The number of hydrogen-bond donors (Lipinski definition) is 1. The number of pyridine rings is 2. The molecule has 1 N–H and O–H groups in total. The first-order valence-corrected chi connectivity index (χ1v) is 8.65.